The van der Waals surface area contributed by atoms with E-state index in [0.29, 0.717) is 17.9 Å². The van der Waals surface area contributed by atoms with E-state index in [4.69, 9.17) is 5.73 Å². The molecule has 1 aromatic heterocycles. The molecular weight excluding hydrogens is 317 g/mol. The van der Waals surface area contributed by atoms with Gasteiger partial charge in [0.1, 0.15) is 0 Å². The lowest BCUT2D eigenvalue weighted by Crippen LogP contribution is -2.25. The van der Waals surface area contributed by atoms with Crippen molar-refractivity contribution in [2.24, 2.45) is 5.92 Å². The number of halogens is 1. The van der Waals surface area contributed by atoms with Crippen molar-refractivity contribution in [2.75, 3.05) is 11.1 Å². The molecule has 0 radical (unpaired) electrons. The van der Waals surface area contributed by atoms with Crippen molar-refractivity contribution < 1.29 is 4.39 Å². The van der Waals surface area contributed by atoms with Crippen molar-refractivity contribution in [3.63, 3.8) is 0 Å². The van der Waals surface area contributed by atoms with Crippen LogP contribution in [0.3, 0.4) is 0 Å². The summed E-state index contributed by atoms with van der Waals surface area (Å²) in [5, 5.41) is 3.37. The van der Waals surface area contributed by atoms with Crippen molar-refractivity contribution >= 4 is 11.9 Å². The minimum atomic E-state index is -1.64. The first-order chi connectivity index (χ1) is 11.9. The van der Waals surface area contributed by atoms with Crippen LogP contribution >= 0.6 is 0 Å². The van der Waals surface area contributed by atoms with Gasteiger partial charge in [0.15, 0.2) is 11.5 Å². The number of aromatic nitrogens is 3. The van der Waals surface area contributed by atoms with Crippen LogP contribution in [-0.4, -0.2) is 21.0 Å². The molecule has 1 fully saturated rings. The molecule has 1 unspecified atom stereocenters. The Morgan fingerprint density at radius 3 is 2.56 bits per heavy atom. The lowest BCUT2D eigenvalue weighted by Gasteiger charge is -2.20. The van der Waals surface area contributed by atoms with Crippen LogP contribution < -0.4 is 11.1 Å². The maximum absolute atomic E-state index is 14.1. The van der Waals surface area contributed by atoms with Gasteiger partial charge in [0.2, 0.25) is 11.9 Å². The Balaban J connectivity index is 1.63. The second-order valence-electron chi connectivity index (χ2n) is 7.28. The number of hydrogen-bond donors (Lipinski definition) is 2. The van der Waals surface area contributed by atoms with Gasteiger partial charge in [-0.05, 0) is 57.4 Å². The summed E-state index contributed by atoms with van der Waals surface area (Å²) in [6.45, 7) is 2.84. The van der Waals surface area contributed by atoms with Gasteiger partial charge in [-0.25, -0.2) is 4.39 Å². The zero-order chi connectivity index (χ0) is 17.9. The van der Waals surface area contributed by atoms with Gasteiger partial charge >= 0.3 is 0 Å². The maximum Gasteiger partial charge on any atom is 0.228 e. The number of alkyl halides is 1. The number of nitrogens with one attached hydrogen (secondary N) is 1. The first kappa shape index (κ1) is 17.6. The first-order valence-electron chi connectivity index (χ1n) is 8.93. The van der Waals surface area contributed by atoms with Gasteiger partial charge in [-0.3, -0.25) is 0 Å². The highest BCUT2D eigenvalue weighted by atomic mass is 19.1. The van der Waals surface area contributed by atoms with E-state index in [1.54, 1.807) is 0 Å². The predicted octanol–water partition coefficient (Wildman–Crippen LogP) is 3.87. The Bertz CT molecular complexity index is 695. The molecule has 25 heavy (non-hydrogen) atoms. The molecule has 0 amide bonds. The molecule has 1 aliphatic carbocycles. The van der Waals surface area contributed by atoms with Crippen molar-refractivity contribution in [1.82, 2.24) is 15.0 Å². The quantitative estimate of drug-likeness (QED) is 0.761. The van der Waals surface area contributed by atoms with Crippen molar-refractivity contribution in [1.29, 1.82) is 0 Å². The highest BCUT2D eigenvalue weighted by Gasteiger charge is 2.32. The van der Waals surface area contributed by atoms with Crippen molar-refractivity contribution in [3.05, 3.63) is 41.7 Å². The topological polar surface area (TPSA) is 76.7 Å². The molecule has 1 saturated carbocycles. The van der Waals surface area contributed by atoms with E-state index in [2.05, 4.69) is 44.5 Å². The van der Waals surface area contributed by atoms with Crippen LogP contribution in [-0.2, 0) is 12.1 Å². The third-order valence-corrected chi connectivity index (χ3v) is 4.51. The van der Waals surface area contributed by atoms with Gasteiger partial charge in [-0.15, -0.1) is 0 Å². The number of nitrogen functional groups attached to an aromatic ring is 1. The lowest BCUT2D eigenvalue weighted by molar-refractivity contribution is 0.206. The summed E-state index contributed by atoms with van der Waals surface area (Å²) in [6, 6.07) is 10.8. The molecule has 3 N–H and O–H groups in total. The molecule has 0 spiro atoms. The van der Waals surface area contributed by atoms with Gasteiger partial charge in [-0.1, -0.05) is 30.3 Å². The molecule has 1 atom stereocenters. The summed E-state index contributed by atoms with van der Waals surface area (Å²) in [7, 11) is 0. The molecule has 0 aliphatic heterocycles. The first-order valence-corrected chi connectivity index (χ1v) is 8.93. The zero-order valence-corrected chi connectivity index (χ0v) is 14.9. The summed E-state index contributed by atoms with van der Waals surface area (Å²) < 4.78 is 14.1. The number of nitrogens with zero attached hydrogens (tertiary/aromatic N) is 3. The average Bonchev–Trinajstić information content (AvgIpc) is 3.38. The number of aryl methyl sites for hydroxylation is 1. The normalized spacial score (nSPS) is 15.8. The van der Waals surface area contributed by atoms with E-state index in [-0.39, 0.29) is 11.8 Å². The number of nitrogens with two attached hydrogens (primary N) is 1. The number of benzene rings is 1. The fourth-order valence-corrected chi connectivity index (χ4v) is 2.98. The van der Waals surface area contributed by atoms with E-state index in [1.807, 2.05) is 6.07 Å². The van der Waals surface area contributed by atoms with Crippen LogP contribution in [0.5, 0.6) is 0 Å². The summed E-state index contributed by atoms with van der Waals surface area (Å²) in [5.74, 6) is 1.14. The summed E-state index contributed by atoms with van der Waals surface area (Å²) in [6.07, 6.45) is 5.59. The van der Waals surface area contributed by atoms with Crippen LogP contribution in [0.2, 0.25) is 0 Å². The second-order valence-corrected chi connectivity index (χ2v) is 7.28. The lowest BCUT2D eigenvalue weighted by atomic mass is 10.0. The van der Waals surface area contributed by atoms with Gasteiger partial charge < -0.3 is 11.1 Å². The van der Waals surface area contributed by atoms with E-state index in [9.17, 15) is 4.39 Å². The predicted molar refractivity (Wildman–Crippen MR) is 97.9 cm³/mol. The molecule has 0 bridgehead atoms. The molecule has 1 aliphatic rings. The fourth-order valence-electron chi connectivity index (χ4n) is 2.98. The minimum absolute atomic E-state index is 0.0528. The highest BCUT2D eigenvalue weighted by Crippen LogP contribution is 2.36. The molecule has 6 heteroatoms. The summed E-state index contributed by atoms with van der Waals surface area (Å²) in [4.78, 5) is 12.3. The Morgan fingerprint density at radius 1 is 1.20 bits per heavy atom. The van der Waals surface area contributed by atoms with Crippen LogP contribution in [0.4, 0.5) is 16.3 Å². The Kier molecular flexibility index (Phi) is 5.16. The molecule has 5 nitrogen and oxygen atoms in total. The van der Waals surface area contributed by atoms with Crippen LogP contribution in [0, 0.1) is 5.92 Å². The van der Waals surface area contributed by atoms with Crippen molar-refractivity contribution in [2.45, 2.75) is 57.7 Å². The number of rotatable bonds is 8. The van der Waals surface area contributed by atoms with Crippen LogP contribution in [0.25, 0.3) is 0 Å². The van der Waals surface area contributed by atoms with Gasteiger partial charge in [0.25, 0.3) is 0 Å². The molecule has 134 valence electrons. The molecule has 1 aromatic carbocycles. The van der Waals surface area contributed by atoms with Crippen LogP contribution in [0.1, 0.15) is 50.9 Å². The Morgan fingerprint density at radius 2 is 1.92 bits per heavy atom. The van der Waals surface area contributed by atoms with Gasteiger partial charge in [0.05, 0.1) is 0 Å². The molecule has 0 saturated heterocycles. The van der Waals surface area contributed by atoms with E-state index < -0.39 is 5.67 Å². The molecular formula is C19H26FN5. The Labute approximate surface area is 148 Å². The van der Waals surface area contributed by atoms with E-state index in [1.165, 1.54) is 32.3 Å². The number of hydrogen-bond acceptors (Lipinski definition) is 5. The van der Waals surface area contributed by atoms with Crippen molar-refractivity contribution in [3.8, 4) is 0 Å². The summed E-state index contributed by atoms with van der Waals surface area (Å²) in [5.41, 5.74) is 5.44. The average molecular weight is 343 g/mol. The maximum atomic E-state index is 14.1. The van der Waals surface area contributed by atoms with Gasteiger partial charge in [-0.2, -0.15) is 15.0 Å². The largest absolute Gasteiger partial charge is 0.368 e. The molecule has 2 aromatic rings. The SMILES string of the molecule is CC(C)(F)c1nc(N)nc(NC(CCCc2ccccc2)C2CC2)n1. The second kappa shape index (κ2) is 7.33. The molecule has 3 rings (SSSR count). The minimum Gasteiger partial charge on any atom is -0.368 e. The van der Waals surface area contributed by atoms with Gasteiger partial charge in [0, 0.05) is 6.04 Å². The fraction of sp³-hybridized carbons (Fsp3) is 0.526. The van der Waals surface area contributed by atoms with Crippen LogP contribution in [0.15, 0.2) is 30.3 Å². The monoisotopic (exact) mass is 343 g/mol. The standard InChI is InChI=1S/C19H26FN5/c1-19(2,20)16-23-17(21)25-18(24-16)22-15(14-11-12-14)10-6-9-13-7-4-3-5-8-13/h3-5,7-8,14-15H,6,9-12H2,1-2H3,(H3,21,22,23,24,25). The third-order valence-electron chi connectivity index (χ3n) is 4.51. The highest BCUT2D eigenvalue weighted by molar-refractivity contribution is 5.33. The summed E-state index contributed by atoms with van der Waals surface area (Å²) >= 11 is 0. The smallest absolute Gasteiger partial charge is 0.228 e. The van der Waals surface area contributed by atoms with E-state index >= 15 is 0 Å². The third kappa shape index (κ3) is 5.11. The number of anilines is 2. The molecule has 1 heterocycles. The zero-order valence-electron chi connectivity index (χ0n) is 14.9. The van der Waals surface area contributed by atoms with E-state index in [0.717, 1.165) is 19.3 Å². The Hall–Kier alpha value is -2.24.